The summed E-state index contributed by atoms with van der Waals surface area (Å²) in [4.78, 5) is 28.2. The number of hydrogen-bond acceptors (Lipinski definition) is 5. The van der Waals surface area contributed by atoms with Gasteiger partial charge in [-0.05, 0) is 24.1 Å². The number of rotatable bonds is 6. The van der Waals surface area contributed by atoms with Gasteiger partial charge in [0.15, 0.2) is 5.13 Å². The first-order valence-corrected chi connectivity index (χ1v) is 8.99. The quantitative estimate of drug-likeness (QED) is 0.608. The van der Waals surface area contributed by atoms with Gasteiger partial charge in [0.2, 0.25) is 11.8 Å². The van der Waals surface area contributed by atoms with E-state index >= 15 is 0 Å². The Kier molecular flexibility index (Phi) is 10.4. The molecule has 150 valence electrons. The molecule has 0 saturated heterocycles. The van der Waals surface area contributed by atoms with Crippen LogP contribution in [0.3, 0.4) is 0 Å². The number of halogens is 2. The Labute approximate surface area is 176 Å². The molecule has 1 aromatic carbocycles. The molecule has 0 radical (unpaired) electrons. The first-order chi connectivity index (χ1) is 11.7. The van der Waals surface area contributed by atoms with E-state index in [1.807, 2.05) is 45.0 Å². The predicted octanol–water partition coefficient (Wildman–Crippen LogP) is 3.45. The lowest BCUT2D eigenvalue weighted by molar-refractivity contribution is -0.123. The van der Waals surface area contributed by atoms with Crippen LogP contribution in [0.5, 0.6) is 0 Å². The van der Waals surface area contributed by atoms with Gasteiger partial charge in [-0.1, -0.05) is 32.9 Å². The third-order valence-corrected chi connectivity index (χ3v) is 4.32. The number of aromatic nitrogens is 1. The van der Waals surface area contributed by atoms with Gasteiger partial charge in [-0.15, -0.1) is 36.2 Å². The van der Waals surface area contributed by atoms with E-state index in [2.05, 4.69) is 15.6 Å². The zero-order valence-electron chi connectivity index (χ0n) is 15.6. The van der Waals surface area contributed by atoms with Crippen LogP contribution in [0.15, 0.2) is 29.6 Å². The average molecular weight is 433 g/mol. The van der Waals surface area contributed by atoms with E-state index in [0.29, 0.717) is 17.4 Å². The Hall–Kier alpha value is -1.83. The molecule has 1 heterocycles. The molecule has 0 atom stereocenters. The van der Waals surface area contributed by atoms with Crippen molar-refractivity contribution < 1.29 is 9.59 Å². The van der Waals surface area contributed by atoms with Crippen LogP contribution in [-0.4, -0.2) is 23.3 Å². The number of hydrogen-bond donors (Lipinski definition) is 3. The number of nitrogens with one attached hydrogen (secondary N) is 2. The minimum atomic E-state index is -0.481. The van der Waals surface area contributed by atoms with E-state index in [4.69, 9.17) is 5.73 Å². The van der Waals surface area contributed by atoms with Crippen molar-refractivity contribution in [2.75, 3.05) is 17.6 Å². The van der Waals surface area contributed by atoms with Gasteiger partial charge in [0, 0.05) is 23.0 Å². The fourth-order valence-electron chi connectivity index (χ4n) is 1.99. The summed E-state index contributed by atoms with van der Waals surface area (Å²) < 4.78 is 0. The Bertz CT molecular complexity index is 743. The molecule has 0 saturated carbocycles. The molecule has 0 aliphatic rings. The molecule has 0 unspecified atom stereocenters. The molecule has 6 nitrogen and oxygen atoms in total. The highest BCUT2D eigenvalue weighted by Crippen LogP contribution is 2.20. The fraction of sp³-hybridized carbons (Fsp3) is 0.389. The number of carbonyl (C=O) groups is 2. The number of amides is 2. The third kappa shape index (κ3) is 8.60. The molecule has 9 heteroatoms. The lowest BCUT2D eigenvalue weighted by Gasteiger charge is -2.15. The first kappa shape index (κ1) is 25.2. The van der Waals surface area contributed by atoms with Crippen molar-refractivity contribution in [1.82, 2.24) is 10.3 Å². The average Bonchev–Trinajstić information content (AvgIpc) is 2.95. The van der Waals surface area contributed by atoms with E-state index in [9.17, 15) is 9.59 Å². The second-order valence-corrected chi connectivity index (χ2v) is 7.72. The summed E-state index contributed by atoms with van der Waals surface area (Å²) in [5, 5.41) is 7.95. The SMILES string of the molecule is CC(C)(C)C(=O)Nc1nc(CC(=O)NCCc2ccc(N)cc2)cs1.Cl.Cl. The molecular weight excluding hydrogens is 407 g/mol. The van der Waals surface area contributed by atoms with Crippen LogP contribution in [0, 0.1) is 5.41 Å². The minimum Gasteiger partial charge on any atom is -0.399 e. The minimum absolute atomic E-state index is 0. The monoisotopic (exact) mass is 432 g/mol. The molecule has 0 spiro atoms. The fourth-order valence-corrected chi connectivity index (χ4v) is 2.69. The van der Waals surface area contributed by atoms with Crippen molar-refractivity contribution in [2.24, 2.45) is 5.41 Å². The number of nitrogen functional groups attached to an aromatic ring is 1. The van der Waals surface area contributed by atoms with E-state index in [-0.39, 0.29) is 43.0 Å². The van der Waals surface area contributed by atoms with Crippen LogP contribution in [0.25, 0.3) is 0 Å². The number of nitrogens with zero attached hydrogens (tertiary/aromatic N) is 1. The van der Waals surface area contributed by atoms with Gasteiger partial charge in [-0.2, -0.15) is 0 Å². The van der Waals surface area contributed by atoms with Crippen molar-refractivity contribution in [3.63, 3.8) is 0 Å². The highest BCUT2D eigenvalue weighted by Gasteiger charge is 2.22. The summed E-state index contributed by atoms with van der Waals surface area (Å²) in [5.41, 5.74) is 7.66. The molecule has 0 fully saturated rings. The summed E-state index contributed by atoms with van der Waals surface area (Å²) >= 11 is 1.32. The zero-order valence-corrected chi connectivity index (χ0v) is 18.0. The van der Waals surface area contributed by atoms with Crippen molar-refractivity contribution in [1.29, 1.82) is 0 Å². The molecule has 1 aromatic heterocycles. The summed E-state index contributed by atoms with van der Waals surface area (Å²) in [6, 6.07) is 7.60. The zero-order chi connectivity index (χ0) is 18.4. The van der Waals surface area contributed by atoms with Crippen molar-refractivity contribution in [3.05, 3.63) is 40.9 Å². The number of thiazole rings is 1. The summed E-state index contributed by atoms with van der Waals surface area (Å²) in [7, 11) is 0. The van der Waals surface area contributed by atoms with Crippen LogP contribution in [-0.2, 0) is 22.4 Å². The molecular formula is C18H26Cl2N4O2S. The van der Waals surface area contributed by atoms with Crippen molar-refractivity contribution in [2.45, 2.75) is 33.6 Å². The second-order valence-electron chi connectivity index (χ2n) is 6.87. The lowest BCUT2D eigenvalue weighted by Crippen LogP contribution is -2.28. The van der Waals surface area contributed by atoms with E-state index in [1.54, 1.807) is 5.38 Å². The van der Waals surface area contributed by atoms with E-state index in [1.165, 1.54) is 11.3 Å². The first-order valence-electron chi connectivity index (χ1n) is 8.11. The van der Waals surface area contributed by atoms with Gasteiger partial charge < -0.3 is 16.4 Å². The van der Waals surface area contributed by atoms with E-state index < -0.39 is 5.41 Å². The maximum absolute atomic E-state index is 12.0. The Morgan fingerprint density at radius 3 is 2.37 bits per heavy atom. The van der Waals surface area contributed by atoms with Crippen LogP contribution >= 0.6 is 36.2 Å². The maximum Gasteiger partial charge on any atom is 0.231 e. The second kappa shape index (κ2) is 11.1. The van der Waals surface area contributed by atoms with Crippen molar-refractivity contribution in [3.8, 4) is 0 Å². The largest absolute Gasteiger partial charge is 0.399 e. The molecule has 0 aliphatic heterocycles. The number of benzene rings is 1. The van der Waals surface area contributed by atoms with Gasteiger partial charge in [0.25, 0.3) is 0 Å². The third-order valence-electron chi connectivity index (χ3n) is 3.51. The highest BCUT2D eigenvalue weighted by atomic mass is 35.5. The van der Waals surface area contributed by atoms with Gasteiger partial charge in [0.05, 0.1) is 12.1 Å². The number of nitrogens with two attached hydrogens (primary N) is 1. The van der Waals surface area contributed by atoms with E-state index in [0.717, 1.165) is 17.7 Å². The molecule has 2 rings (SSSR count). The normalized spacial score (nSPS) is 10.3. The maximum atomic E-state index is 12.0. The van der Waals surface area contributed by atoms with Gasteiger partial charge in [-0.3, -0.25) is 9.59 Å². The van der Waals surface area contributed by atoms with Crippen molar-refractivity contribution >= 4 is 58.8 Å². The molecule has 4 N–H and O–H groups in total. The van der Waals surface area contributed by atoms with Gasteiger partial charge >= 0.3 is 0 Å². The highest BCUT2D eigenvalue weighted by molar-refractivity contribution is 7.13. The summed E-state index contributed by atoms with van der Waals surface area (Å²) in [5.74, 6) is -0.184. The standard InChI is InChI=1S/C18H24N4O2S.2ClH/c1-18(2,3)16(24)22-17-21-14(11-25-17)10-15(23)20-9-8-12-4-6-13(19)7-5-12;;/h4-7,11H,8-10,19H2,1-3H3,(H,20,23)(H,21,22,24);2*1H. The van der Waals surface area contributed by atoms with Gasteiger partial charge in [-0.25, -0.2) is 4.98 Å². The summed E-state index contributed by atoms with van der Waals surface area (Å²) in [6.45, 7) is 6.07. The van der Waals surface area contributed by atoms with Crippen LogP contribution in [0.4, 0.5) is 10.8 Å². The van der Waals surface area contributed by atoms with Crippen LogP contribution in [0.2, 0.25) is 0 Å². The number of anilines is 2. The van der Waals surface area contributed by atoms with Gasteiger partial charge in [0.1, 0.15) is 0 Å². The number of carbonyl (C=O) groups excluding carboxylic acids is 2. The Morgan fingerprint density at radius 1 is 1.15 bits per heavy atom. The topological polar surface area (TPSA) is 97.1 Å². The Balaban J connectivity index is 0.00000338. The molecule has 0 bridgehead atoms. The molecule has 0 aliphatic carbocycles. The molecule has 2 amide bonds. The predicted molar refractivity (Wildman–Crippen MR) is 116 cm³/mol. The Morgan fingerprint density at radius 2 is 1.78 bits per heavy atom. The lowest BCUT2D eigenvalue weighted by atomic mass is 9.96. The molecule has 27 heavy (non-hydrogen) atoms. The smallest absolute Gasteiger partial charge is 0.231 e. The summed E-state index contributed by atoms with van der Waals surface area (Å²) in [6.07, 6.45) is 0.944. The van der Waals surface area contributed by atoms with Crippen LogP contribution < -0.4 is 16.4 Å². The molecule has 2 aromatic rings. The van der Waals surface area contributed by atoms with Crippen LogP contribution in [0.1, 0.15) is 32.0 Å².